The molecule has 1 rings (SSSR count). The Labute approximate surface area is 106 Å². The van der Waals surface area contributed by atoms with Crippen LogP contribution in [0.25, 0.3) is 0 Å². The number of phenols is 1. The van der Waals surface area contributed by atoms with Crippen LogP contribution < -0.4 is 5.32 Å². The number of nitrogens with one attached hydrogen (secondary N) is 1. The molecule has 2 N–H and O–H groups in total. The van der Waals surface area contributed by atoms with Crippen molar-refractivity contribution in [3.63, 3.8) is 0 Å². The third kappa shape index (κ3) is 3.48. The van der Waals surface area contributed by atoms with Crippen LogP contribution in [0.3, 0.4) is 0 Å². The predicted molar refractivity (Wildman–Crippen MR) is 68.1 cm³/mol. The second kappa shape index (κ2) is 5.08. The van der Waals surface area contributed by atoms with Crippen LogP contribution in [-0.4, -0.2) is 23.1 Å². The molecule has 5 heteroatoms. The molecule has 0 heterocycles. The summed E-state index contributed by atoms with van der Waals surface area (Å²) < 4.78 is 5.08. The number of rotatable bonds is 2. The summed E-state index contributed by atoms with van der Waals surface area (Å²) in [5.74, 6) is -0.107. The van der Waals surface area contributed by atoms with Gasteiger partial charge in [0.2, 0.25) is 0 Å². The number of anilines is 1. The van der Waals surface area contributed by atoms with Crippen LogP contribution in [0, 0.1) is 6.92 Å². The van der Waals surface area contributed by atoms with Gasteiger partial charge in [0.05, 0.1) is 5.69 Å². The SMILES string of the molecule is Cc1c(C=O)ccc(O)c1NC(=O)OC(C)(C)C. The van der Waals surface area contributed by atoms with E-state index < -0.39 is 11.7 Å². The summed E-state index contributed by atoms with van der Waals surface area (Å²) in [5, 5.41) is 12.1. The number of carbonyl (C=O) groups excluding carboxylic acids is 2. The van der Waals surface area contributed by atoms with Crippen molar-refractivity contribution in [3.8, 4) is 5.75 Å². The number of hydrogen-bond donors (Lipinski definition) is 2. The number of carbonyl (C=O) groups is 2. The second-order valence-electron chi connectivity index (χ2n) is 4.92. The first-order chi connectivity index (χ1) is 8.24. The summed E-state index contributed by atoms with van der Waals surface area (Å²) in [4.78, 5) is 22.4. The van der Waals surface area contributed by atoms with Crippen LogP contribution in [0.2, 0.25) is 0 Å². The van der Waals surface area contributed by atoms with E-state index in [0.29, 0.717) is 17.4 Å². The van der Waals surface area contributed by atoms with E-state index >= 15 is 0 Å². The molecule has 0 saturated heterocycles. The van der Waals surface area contributed by atoms with Crippen LogP contribution >= 0.6 is 0 Å². The minimum absolute atomic E-state index is 0.107. The van der Waals surface area contributed by atoms with Gasteiger partial charge in [-0.1, -0.05) is 0 Å². The highest BCUT2D eigenvalue weighted by atomic mass is 16.6. The van der Waals surface area contributed by atoms with Crippen LogP contribution in [-0.2, 0) is 4.74 Å². The van der Waals surface area contributed by atoms with Crippen molar-refractivity contribution in [2.24, 2.45) is 0 Å². The first-order valence-corrected chi connectivity index (χ1v) is 5.52. The zero-order valence-electron chi connectivity index (χ0n) is 10.9. The molecule has 0 aliphatic carbocycles. The van der Waals surface area contributed by atoms with Crippen molar-refractivity contribution in [2.75, 3.05) is 5.32 Å². The fraction of sp³-hybridized carbons (Fsp3) is 0.385. The Morgan fingerprint density at radius 2 is 2.00 bits per heavy atom. The largest absolute Gasteiger partial charge is 0.506 e. The van der Waals surface area contributed by atoms with E-state index in [9.17, 15) is 14.7 Å². The van der Waals surface area contributed by atoms with Crippen LogP contribution in [0.15, 0.2) is 12.1 Å². The molecule has 0 atom stereocenters. The topological polar surface area (TPSA) is 75.6 Å². The molecule has 0 bridgehead atoms. The Kier molecular flexibility index (Phi) is 3.96. The maximum Gasteiger partial charge on any atom is 0.412 e. The van der Waals surface area contributed by atoms with E-state index in [1.54, 1.807) is 27.7 Å². The molecule has 5 nitrogen and oxygen atoms in total. The van der Waals surface area contributed by atoms with Crippen molar-refractivity contribution in [3.05, 3.63) is 23.3 Å². The van der Waals surface area contributed by atoms with E-state index in [1.807, 2.05) is 0 Å². The highest BCUT2D eigenvalue weighted by Gasteiger charge is 2.18. The van der Waals surface area contributed by atoms with Crippen molar-refractivity contribution >= 4 is 18.1 Å². The lowest BCUT2D eigenvalue weighted by atomic mass is 10.1. The predicted octanol–water partition coefficient (Wildman–Crippen LogP) is 2.86. The minimum atomic E-state index is -0.677. The maximum absolute atomic E-state index is 11.6. The molecule has 1 amide bonds. The normalized spacial score (nSPS) is 10.9. The number of phenolic OH excluding ortho intramolecular Hbond substituents is 1. The standard InChI is InChI=1S/C13H17NO4/c1-8-9(7-15)5-6-10(16)11(8)14-12(17)18-13(2,3)4/h5-7,16H,1-4H3,(H,14,17). The molecule has 0 aliphatic heterocycles. The summed E-state index contributed by atoms with van der Waals surface area (Å²) in [5.41, 5.74) is 0.458. The van der Waals surface area contributed by atoms with Gasteiger partial charge in [0.25, 0.3) is 0 Å². The number of benzene rings is 1. The Morgan fingerprint density at radius 1 is 1.39 bits per heavy atom. The van der Waals surface area contributed by atoms with Crippen molar-refractivity contribution in [1.82, 2.24) is 0 Å². The zero-order chi connectivity index (χ0) is 13.9. The van der Waals surface area contributed by atoms with E-state index in [2.05, 4.69) is 5.32 Å². The van der Waals surface area contributed by atoms with E-state index in [1.165, 1.54) is 12.1 Å². The monoisotopic (exact) mass is 251 g/mol. The number of ether oxygens (including phenoxy) is 1. The molecule has 0 unspecified atom stereocenters. The summed E-state index contributed by atoms with van der Waals surface area (Å²) in [7, 11) is 0. The average Bonchev–Trinajstić information content (AvgIpc) is 2.22. The molecule has 98 valence electrons. The van der Waals surface area contributed by atoms with Gasteiger partial charge >= 0.3 is 6.09 Å². The number of aldehydes is 1. The highest BCUT2D eigenvalue weighted by molar-refractivity contribution is 5.91. The van der Waals surface area contributed by atoms with Gasteiger partial charge in [0.1, 0.15) is 17.6 Å². The Bertz CT molecular complexity index is 475. The van der Waals surface area contributed by atoms with Gasteiger partial charge in [-0.15, -0.1) is 0 Å². The smallest absolute Gasteiger partial charge is 0.412 e. The van der Waals surface area contributed by atoms with Crippen molar-refractivity contribution in [2.45, 2.75) is 33.3 Å². The fourth-order valence-electron chi connectivity index (χ4n) is 1.40. The third-order valence-electron chi connectivity index (χ3n) is 2.24. The molecular weight excluding hydrogens is 234 g/mol. The van der Waals surface area contributed by atoms with Crippen LogP contribution in [0.1, 0.15) is 36.7 Å². The summed E-state index contributed by atoms with van der Waals surface area (Å²) in [6, 6.07) is 2.83. The summed E-state index contributed by atoms with van der Waals surface area (Å²) in [6.07, 6.45) is -0.0151. The first-order valence-electron chi connectivity index (χ1n) is 5.52. The van der Waals surface area contributed by atoms with Gasteiger partial charge in [-0.2, -0.15) is 0 Å². The van der Waals surface area contributed by atoms with E-state index in [-0.39, 0.29) is 11.4 Å². The molecule has 18 heavy (non-hydrogen) atoms. The molecular formula is C13H17NO4. The van der Waals surface area contributed by atoms with Gasteiger partial charge in [-0.3, -0.25) is 10.1 Å². The molecule has 1 aromatic carbocycles. The second-order valence-corrected chi connectivity index (χ2v) is 4.92. The molecule has 0 fully saturated rings. The molecule has 1 aromatic rings. The molecule has 0 aromatic heterocycles. The molecule has 0 radical (unpaired) electrons. The lowest BCUT2D eigenvalue weighted by Gasteiger charge is -2.20. The number of aromatic hydroxyl groups is 1. The van der Waals surface area contributed by atoms with Gasteiger partial charge < -0.3 is 9.84 Å². The highest BCUT2D eigenvalue weighted by Crippen LogP contribution is 2.29. The maximum atomic E-state index is 11.6. The number of hydrogen-bond acceptors (Lipinski definition) is 4. The summed E-state index contributed by atoms with van der Waals surface area (Å²) in [6.45, 7) is 6.85. The van der Waals surface area contributed by atoms with Crippen molar-refractivity contribution < 1.29 is 19.4 Å². The number of amides is 1. The van der Waals surface area contributed by atoms with Gasteiger partial charge in [-0.05, 0) is 45.4 Å². The molecule has 0 aliphatic rings. The zero-order valence-corrected chi connectivity index (χ0v) is 10.9. The lowest BCUT2D eigenvalue weighted by Crippen LogP contribution is -2.27. The quantitative estimate of drug-likeness (QED) is 0.626. The molecule has 0 saturated carbocycles. The van der Waals surface area contributed by atoms with Gasteiger partial charge in [-0.25, -0.2) is 4.79 Å². The lowest BCUT2D eigenvalue weighted by molar-refractivity contribution is 0.0635. The molecule has 0 spiro atoms. The average molecular weight is 251 g/mol. The van der Waals surface area contributed by atoms with Gasteiger partial charge in [0.15, 0.2) is 0 Å². The van der Waals surface area contributed by atoms with Crippen molar-refractivity contribution in [1.29, 1.82) is 0 Å². The third-order valence-corrected chi connectivity index (χ3v) is 2.24. The van der Waals surface area contributed by atoms with E-state index in [4.69, 9.17) is 4.74 Å². The van der Waals surface area contributed by atoms with Crippen LogP contribution in [0.4, 0.5) is 10.5 Å². The van der Waals surface area contributed by atoms with Gasteiger partial charge in [0, 0.05) is 5.56 Å². The Balaban J connectivity index is 2.97. The fourth-order valence-corrected chi connectivity index (χ4v) is 1.40. The Morgan fingerprint density at radius 3 is 2.50 bits per heavy atom. The first kappa shape index (κ1) is 14.0. The van der Waals surface area contributed by atoms with Crippen LogP contribution in [0.5, 0.6) is 5.75 Å². The van der Waals surface area contributed by atoms with E-state index in [0.717, 1.165) is 0 Å². The summed E-state index contributed by atoms with van der Waals surface area (Å²) >= 11 is 0. The Hall–Kier alpha value is -2.04. The minimum Gasteiger partial charge on any atom is -0.506 e.